The molecular formula is C22H21F4N3OS. The number of anilines is 1. The van der Waals surface area contributed by atoms with E-state index in [1.165, 1.54) is 11.4 Å². The van der Waals surface area contributed by atoms with E-state index < -0.39 is 17.7 Å². The summed E-state index contributed by atoms with van der Waals surface area (Å²) in [4.78, 5) is 18.3. The minimum atomic E-state index is -4.52. The third kappa shape index (κ3) is 4.66. The first-order valence-corrected chi connectivity index (χ1v) is 10.8. The Kier molecular flexibility index (Phi) is 5.88. The number of carbonyl (C=O) groups is 1. The molecule has 0 bridgehead atoms. The molecule has 0 radical (unpaired) electrons. The number of amides is 1. The lowest BCUT2D eigenvalue weighted by molar-refractivity contribution is -0.140. The molecule has 2 heterocycles. The number of nitrogens with one attached hydrogen (secondary N) is 1. The molecule has 2 aromatic heterocycles. The second kappa shape index (κ2) is 8.45. The Morgan fingerprint density at radius 3 is 2.52 bits per heavy atom. The van der Waals surface area contributed by atoms with Crippen LogP contribution in [0.3, 0.4) is 0 Å². The van der Waals surface area contributed by atoms with Crippen molar-refractivity contribution in [1.29, 1.82) is 0 Å². The summed E-state index contributed by atoms with van der Waals surface area (Å²) in [6, 6.07) is 9.15. The van der Waals surface area contributed by atoms with Gasteiger partial charge in [-0.2, -0.15) is 13.2 Å². The zero-order valence-electron chi connectivity index (χ0n) is 16.7. The van der Waals surface area contributed by atoms with Crippen LogP contribution in [0.5, 0.6) is 0 Å². The molecule has 9 heteroatoms. The minimum absolute atomic E-state index is 0.0396. The minimum Gasteiger partial charge on any atom is -0.371 e. The van der Waals surface area contributed by atoms with Crippen molar-refractivity contribution in [2.45, 2.75) is 43.9 Å². The fourth-order valence-corrected chi connectivity index (χ4v) is 4.74. The quantitative estimate of drug-likeness (QED) is 0.523. The van der Waals surface area contributed by atoms with Crippen molar-refractivity contribution in [3.05, 3.63) is 58.2 Å². The van der Waals surface area contributed by atoms with Gasteiger partial charge in [0.15, 0.2) is 0 Å². The van der Waals surface area contributed by atoms with Crippen LogP contribution in [0.1, 0.15) is 41.0 Å². The molecule has 1 amide bonds. The van der Waals surface area contributed by atoms with Gasteiger partial charge in [-0.3, -0.25) is 4.79 Å². The van der Waals surface area contributed by atoms with Crippen LogP contribution in [0.15, 0.2) is 41.8 Å². The molecule has 1 saturated carbocycles. The van der Waals surface area contributed by atoms with Gasteiger partial charge in [0.2, 0.25) is 0 Å². The third-order valence-corrected chi connectivity index (χ3v) is 6.64. The van der Waals surface area contributed by atoms with Crippen LogP contribution in [-0.4, -0.2) is 30.0 Å². The molecule has 1 aliphatic carbocycles. The van der Waals surface area contributed by atoms with E-state index in [2.05, 4.69) is 10.3 Å². The molecule has 1 fully saturated rings. The first-order valence-electron chi connectivity index (χ1n) is 9.97. The van der Waals surface area contributed by atoms with Gasteiger partial charge in [0.05, 0.1) is 10.4 Å². The molecule has 0 unspecified atom stereocenters. The first kappa shape index (κ1) is 21.5. The maximum Gasteiger partial charge on any atom is 0.433 e. The van der Waals surface area contributed by atoms with E-state index in [1.807, 2.05) is 4.90 Å². The monoisotopic (exact) mass is 451 g/mol. The number of alkyl halides is 3. The van der Waals surface area contributed by atoms with Crippen molar-refractivity contribution >= 4 is 33.8 Å². The third-order valence-electron chi connectivity index (χ3n) is 5.74. The van der Waals surface area contributed by atoms with Crippen molar-refractivity contribution < 1.29 is 22.4 Å². The predicted octanol–water partition coefficient (Wildman–Crippen LogP) is 5.63. The smallest absolute Gasteiger partial charge is 0.371 e. The maximum absolute atomic E-state index is 13.4. The molecule has 31 heavy (non-hydrogen) atoms. The average molecular weight is 451 g/mol. The van der Waals surface area contributed by atoms with Crippen molar-refractivity contribution in [3.63, 3.8) is 0 Å². The molecule has 3 aromatic rings. The topological polar surface area (TPSA) is 45.2 Å². The summed E-state index contributed by atoms with van der Waals surface area (Å²) >= 11 is 1.06. The molecule has 4 rings (SSSR count). The molecular weight excluding hydrogens is 430 g/mol. The molecule has 0 saturated heterocycles. The zero-order valence-corrected chi connectivity index (χ0v) is 17.6. The molecule has 1 aromatic carbocycles. The van der Waals surface area contributed by atoms with Crippen molar-refractivity contribution in [2.24, 2.45) is 0 Å². The summed E-state index contributed by atoms with van der Waals surface area (Å²) in [5.41, 5.74) is -0.0973. The van der Waals surface area contributed by atoms with Crippen LogP contribution in [0.2, 0.25) is 0 Å². The number of pyridine rings is 1. The highest BCUT2D eigenvalue weighted by Gasteiger charge is 2.34. The Hall–Kier alpha value is -2.68. The Labute approximate surface area is 180 Å². The molecule has 164 valence electrons. The second-order valence-electron chi connectivity index (χ2n) is 7.76. The van der Waals surface area contributed by atoms with Gasteiger partial charge in [-0.1, -0.05) is 18.2 Å². The van der Waals surface area contributed by atoms with E-state index >= 15 is 0 Å². The molecule has 1 N–H and O–H groups in total. The largest absolute Gasteiger partial charge is 0.433 e. The van der Waals surface area contributed by atoms with E-state index in [0.717, 1.165) is 30.2 Å². The van der Waals surface area contributed by atoms with Crippen LogP contribution in [0.25, 0.3) is 10.9 Å². The summed E-state index contributed by atoms with van der Waals surface area (Å²) in [5.74, 6) is -0.719. The maximum atomic E-state index is 13.4. The highest BCUT2D eigenvalue weighted by atomic mass is 32.1. The Balaban J connectivity index is 1.48. The van der Waals surface area contributed by atoms with E-state index in [0.29, 0.717) is 34.3 Å². The SMILES string of the molecule is CN(c1cc(C(F)(F)F)nc2ccccc12)[C@H]1CC[C@@H](NC(=O)c2cc(F)cs2)CC1. The highest BCUT2D eigenvalue weighted by molar-refractivity contribution is 7.12. The number of hydrogen-bond acceptors (Lipinski definition) is 4. The van der Waals surface area contributed by atoms with E-state index in [1.54, 1.807) is 31.3 Å². The summed E-state index contributed by atoms with van der Waals surface area (Å²) in [5, 5.41) is 4.89. The average Bonchev–Trinajstić information content (AvgIpc) is 3.19. The van der Waals surface area contributed by atoms with Gasteiger partial charge in [-0.25, -0.2) is 9.37 Å². The van der Waals surface area contributed by atoms with Crippen LogP contribution < -0.4 is 10.2 Å². The Bertz CT molecular complexity index is 1090. The summed E-state index contributed by atoms with van der Waals surface area (Å²) in [7, 11) is 1.81. The van der Waals surface area contributed by atoms with Crippen molar-refractivity contribution in [3.8, 4) is 0 Å². The molecule has 0 spiro atoms. The van der Waals surface area contributed by atoms with Gasteiger partial charge >= 0.3 is 6.18 Å². The number of carbonyl (C=O) groups excluding carboxylic acids is 1. The number of aromatic nitrogens is 1. The Morgan fingerprint density at radius 1 is 1.16 bits per heavy atom. The fraction of sp³-hybridized carbons (Fsp3) is 0.364. The van der Waals surface area contributed by atoms with E-state index in [4.69, 9.17) is 0 Å². The van der Waals surface area contributed by atoms with Crippen molar-refractivity contribution in [2.75, 3.05) is 11.9 Å². The van der Waals surface area contributed by atoms with Gasteiger partial charge < -0.3 is 10.2 Å². The van der Waals surface area contributed by atoms with Gasteiger partial charge in [-0.05, 0) is 43.9 Å². The van der Waals surface area contributed by atoms with E-state index in [-0.39, 0.29) is 18.0 Å². The molecule has 0 aliphatic heterocycles. The first-order chi connectivity index (χ1) is 14.7. The summed E-state index contributed by atoms with van der Waals surface area (Å²) in [6.07, 6.45) is -1.69. The van der Waals surface area contributed by atoms with Crippen LogP contribution in [0, 0.1) is 5.82 Å². The predicted molar refractivity (Wildman–Crippen MR) is 113 cm³/mol. The van der Waals surface area contributed by atoms with Crippen LogP contribution in [-0.2, 0) is 6.18 Å². The van der Waals surface area contributed by atoms with Crippen LogP contribution >= 0.6 is 11.3 Å². The van der Waals surface area contributed by atoms with Gasteiger partial charge in [0, 0.05) is 35.6 Å². The van der Waals surface area contributed by atoms with Gasteiger partial charge in [-0.15, -0.1) is 11.3 Å². The Morgan fingerprint density at radius 2 is 1.87 bits per heavy atom. The van der Waals surface area contributed by atoms with Crippen molar-refractivity contribution in [1.82, 2.24) is 10.3 Å². The lowest BCUT2D eigenvalue weighted by Crippen LogP contribution is -2.42. The van der Waals surface area contributed by atoms with Gasteiger partial charge in [0.25, 0.3) is 5.91 Å². The van der Waals surface area contributed by atoms with Gasteiger partial charge in [0.1, 0.15) is 11.5 Å². The van der Waals surface area contributed by atoms with E-state index in [9.17, 15) is 22.4 Å². The zero-order chi connectivity index (χ0) is 22.2. The highest BCUT2D eigenvalue weighted by Crippen LogP contribution is 2.36. The molecule has 4 nitrogen and oxygen atoms in total. The number of hydrogen-bond donors (Lipinski definition) is 1. The van der Waals surface area contributed by atoms with Crippen LogP contribution in [0.4, 0.5) is 23.2 Å². The number of thiophene rings is 1. The number of halogens is 4. The lowest BCUT2D eigenvalue weighted by atomic mass is 9.89. The standard InChI is InChI=1S/C22H21F4N3OS/c1-29(18-11-20(22(24,25)26)28-17-5-3-2-4-16(17)18)15-8-6-14(7-9-15)27-21(30)19-10-13(23)12-31-19/h2-5,10-12,14-15H,6-9H2,1H3,(H,27,30)/t14-,15+. The summed E-state index contributed by atoms with van der Waals surface area (Å²) < 4.78 is 53.2. The molecule has 1 aliphatic rings. The fourth-order valence-electron chi connectivity index (χ4n) is 4.09. The number of benzene rings is 1. The number of para-hydroxylation sites is 1. The normalized spacial score (nSPS) is 19.4. The second-order valence-corrected chi connectivity index (χ2v) is 8.67. The number of nitrogens with zero attached hydrogens (tertiary/aromatic N) is 2. The molecule has 0 atom stereocenters. The number of rotatable bonds is 4. The number of fused-ring (bicyclic) bond motifs is 1. The summed E-state index contributed by atoms with van der Waals surface area (Å²) in [6.45, 7) is 0. The lowest BCUT2D eigenvalue weighted by Gasteiger charge is -2.36.